The van der Waals surface area contributed by atoms with Gasteiger partial charge in [-0.15, -0.1) is 0 Å². The van der Waals surface area contributed by atoms with Crippen LogP contribution >= 0.6 is 0 Å². The van der Waals surface area contributed by atoms with Gasteiger partial charge in [0.05, 0.1) is 0 Å². The van der Waals surface area contributed by atoms with Crippen LogP contribution in [0.1, 0.15) is 77.0 Å². The molecule has 2 rings (SSSR count). The first-order chi connectivity index (χ1) is 9.95. The van der Waals surface area contributed by atoms with Crippen LogP contribution in [0.2, 0.25) is 37.9 Å². The molecule has 2 aliphatic heterocycles. The zero-order valence-corrected chi connectivity index (χ0v) is 13.9. The third-order valence-electron chi connectivity index (χ3n) is 5.92. The standard InChI is InChI=1S/C18H36B2/c1-2-8-14-19(13-7-1)17-11-5-6-12-18-20-15-9-3-4-10-16-20/h1-18H2. The molecular formula is C18H36B2. The van der Waals surface area contributed by atoms with Crippen LogP contribution in [-0.4, -0.2) is 13.4 Å². The molecule has 0 atom stereocenters. The van der Waals surface area contributed by atoms with Crippen molar-refractivity contribution in [1.82, 2.24) is 0 Å². The van der Waals surface area contributed by atoms with E-state index in [1.807, 2.05) is 0 Å². The highest BCUT2D eigenvalue weighted by Gasteiger charge is 2.16. The minimum Gasteiger partial charge on any atom is -0.0741 e. The Bertz CT molecular complexity index is 189. The van der Waals surface area contributed by atoms with Gasteiger partial charge >= 0.3 is 0 Å². The quantitative estimate of drug-likeness (QED) is 0.358. The van der Waals surface area contributed by atoms with Crippen molar-refractivity contribution >= 4 is 13.4 Å². The van der Waals surface area contributed by atoms with Crippen molar-refractivity contribution in [2.24, 2.45) is 0 Å². The monoisotopic (exact) mass is 274 g/mol. The molecule has 0 aromatic heterocycles. The molecule has 0 spiro atoms. The van der Waals surface area contributed by atoms with Crippen molar-refractivity contribution < 1.29 is 0 Å². The molecule has 2 heterocycles. The summed E-state index contributed by atoms with van der Waals surface area (Å²) in [5, 5.41) is 0. The van der Waals surface area contributed by atoms with Gasteiger partial charge in [0.25, 0.3) is 0 Å². The summed E-state index contributed by atoms with van der Waals surface area (Å²) in [6.07, 6.45) is 27.5. The zero-order chi connectivity index (χ0) is 13.9. The summed E-state index contributed by atoms with van der Waals surface area (Å²) >= 11 is 0. The van der Waals surface area contributed by atoms with Crippen LogP contribution in [0.15, 0.2) is 0 Å². The van der Waals surface area contributed by atoms with Gasteiger partial charge in [-0.25, -0.2) is 0 Å². The summed E-state index contributed by atoms with van der Waals surface area (Å²) in [7, 11) is 0. The highest BCUT2D eigenvalue weighted by molar-refractivity contribution is 6.59. The Balaban J connectivity index is 1.42. The maximum atomic E-state index is 1.55. The first-order valence-corrected chi connectivity index (χ1v) is 9.95. The van der Waals surface area contributed by atoms with Crippen LogP contribution in [0, 0.1) is 0 Å². The molecule has 0 nitrogen and oxygen atoms in total. The summed E-state index contributed by atoms with van der Waals surface area (Å²) in [6, 6.07) is 0. The van der Waals surface area contributed by atoms with Gasteiger partial charge in [0.1, 0.15) is 13.4 Å². The predicted molar refractivity (Wildman–Crippen MR) is 95.8 cm³/mol. The van der Waals surface area contributed by atoms with E-state index >= 15 is 0 Å². The average molecular weight is 274 g/mol. The maximum Gasteiger partial charge on any atom is 0.139 e. The fourth-order valence-electron chi connectivity index (χ4n) is 4.52. The van der Waals surface area contributed by atoms with Crippen LogP contribution in [0.3, 0.4) is 0 Å². The smallest absolute Gasteiger partial charge is 0.0741 e. The molecule has 0 unspecified atom stereocenters. The van der Waals surface area contributed by atoms with E-state index in [9.17, 15) is 0 Å². The Hall–Kier alpha value is 0.130. The number of hydrogen-bond acceptors (Lipinski definition) is 0. The Kier molecular flexibility index (Phi) is 8.91. The Labute approximate surface area is 129 Å². The number of rotatable bonds is 7. The Morgan fingerprint density at radius 3 is 1.10 bits per heavy atom. The van der Waals surface area contributed by atoms with Gasteiger partial charge in [-0.2, -0.15) is 0 Å². The van der Waals surface area contributed by atoms with E-state index in [1.165, 1.54) is 77.0 Å². The van der Waals surface area contributed by atoms with Crippen LogP contribution < -0.4 is 0 Å². The molecule has 0 N–H and O–H groups in total. The van der Waals surface area contributed by atoms with Gasteiger partial charge in [0.2, 0.25) is 0 Å². The normalized spacial score (nSPS) is 21.6. The van der Waals surface area contributed by atoms with Crippen molar-refractivity contribution in [2.75, 3.05) is 0 Å². The Morgan fingerprint density at radius 1 is 0.400 bits per heavy atom. The molecule has 0 amide bonds. The molecule has 0 radical (unpaired) electrons. The molecule has 20 heavy (non-hydrogen) atoms. The van der Waals surface area contributed by atoms with Gasteiger partial charge in [0.15, 0.2) is 0 Å². The average Bonchev–Trinajstić information content (AvgIpc) is 2.87. The van der Waals surface area contributed by atoms with Gasteiger partial charge in [-0.05, 0) is 0 Å². The lowest BCUT2D eigenvalue weighted by Crippen LogP contribution is -2.10. The highest BCUT2D eigenvalue weighted by Crippen LogP contribution is 2.24. The molecule has 0 aromatic rings. The largest absolute Gasteiger partial charge is 0.139 e. The molecule has 2 saturated heterocycles. The van der Waals surface area contributed by atoms with E-state index < -0.39 is 0 Å². The van der Waals surface area contributed by atoms with Crippen LogP contribution in [-0.2, 0) is 0 Å². The van der Waals surface area contributed by atoms with Gasteiger partial charge < -0.3 is 0 Å². The minimum atomic E-state index is 1.10. The third kappa shape index (κ3) is 7.23. The summed E-state index contributed by atoms with van der Waals surface area (Å²) in [4.78, 5) is 0. The summed E-state index contributed by atoms with van der Waals surface area (Å²) in [5.74, 6) is 0. The second kappa shape index (κ2) is 10.8. The molecule has 0 aliphatic carbocycles. The highest BCUT2D eigenvalue weighted by atomic mass is 14.0. The SMILES string of the molecule is C1CCCB(CCCCCCB2CCCCCC2)CC1. The predicted octanol–water partition coefficient (Wildman–Crippen LogP) is 6.68. The van der Waals surface area contributed by atoms with E-state index in [1.54, 1.807) is 37.9 Å². The fraction of sp³-hybridized carbons (Fsp3) is 1.00. The van der Waals surface area contributed by atoms with Crippen molar-refractivity contribution in [3.8, 4) is 0 Å². The van der Waals surface area contributed by atoms with E-state index in [0.717, 1.165) is 13.4 Å². The molecular weight excluding hydrogens is 238 g/mol. The van der Waals surface area contributed by atoms with Crippen molar-refractivity contribution in [3.05, 3.63) is 0 Å². The number of hydrogen-bond donors (Lipinski definition) is 0. The third-order valence-corrected chi connectivity index (χ3v) is 5.92. The van der Waals surface area contributed by atoms with Crippen molar-refractivity contribution in [1.29, 1.82) is 0 Å². The zero-order valence-electron chi connectivity index (χ0n) is 13.9. The lowest BCUT2D eigenvalue weighted by atomic mass is 9.41. The summed E-state index contributed by atoms with van der Waals surface area (Å²) < 4.78 is 0. The second-order valence-electron chi connectivity index (χ2n) is 7.71. The minimum absolute atomic E-state index is 1.10. The Morgan fingerprint density at radius 2 is 0.750 bits per heavy atom. The lowest BCUT2D eigenvalue weighted by Gasteiger charge is -2.11. The topological polar surface area (TPSA) is 0 Å². The van der Waals surface area contributed by atoms with E-state index in [0.29, 0.717) is 0 Å². The molecule has 0 bridgehead atoms. The van der Waals surface area contributed by atoms with Crippen molar-refractivity contribution in [2.45, 2.75) is 115 Å². The summed E-state index contributed by atoms with van der Waals surface area (Å²) in [5.41, 5.74) is 0. The maximum absolute atomic E-state index is 1.55. The fourth-order valence-corrected chi connectivity index (χ4v) is 4.52. The first kappa shape index (κ1) is 16.5. The van der Waals surface area contributed by atoms with Crippen LogP contribution in [0.25, 0.3) is 0 Å². The van der Waals surface area contributed by atoms with Gasteiger partial charge in [-0.3, -0.25) is 0 Å². The molecule has 2 fully saturated rings. The van der Waals surface area contributed by atoms with Crippen LogP contribution in [0.4, 0.5) is 0 Å². The molecule has 0 saturated carbocycles. The first-order valence-electron chi connectivity index (χ1n) is 9.95. The van der Waals surface area contributed by atoms with Gasteiger partial charge in [-0.1, -0.05) is 115 Å². The van der Waals surface area contributed by atoms with Crippen LogP contribution in [0.5, 0.6) is 0 Å². The van der Waals surface area contributed by atoms with E-state index in [-0.39, 0.29) is 0 Å². The summed E-state index contributed by atoms with van der Waals surface area (Å²) in [6.45, 7) is 2.19. The van der Waals surface area contributed by atoms with Crippen molar-refractivity contribution in [3.63, 3.8) is 0 Å². The van der Waals surface area contributed by atoms with Gasteiger partial charge in [0, 0.05) is 0 Å². The molecule has 2 aliphatic rings. The molecule has 2 heteroatoms. The van der Waals surface area contributed by atoms with E-state index in [2.05, 4.69) is 0 Å². The number of unbranched alkanes of at least 4 members (excludes halogenated alkanes) is 3. The second-order valence-corrected chi connectivity index (χ2v) is 7.71. The lowest BCUT2D eigenvalue weighted by molar-refractivity contribution is 0.692. The molecule has 0 aromatic carbocycles. The van der Waals surface area contributed by atoms with E-state index in [4.69, 9.17) is 0 Å². The molecule has 114 valence electrons.